The number of alkyl halides is 3. The van der Waals surface area contributed by atoms with Crippen LogP contribution >= 0.6 is 11.6 Å². The minimum absolute atomic E-state index is 0.303. The molecule has 4 aromatic rings. The molecule has 0 amide bonds. The summed E-state index contributed by atoms with van der Waals surface area (Å²) in [5, 5.41) is 3.74. The fraction of sp³-hybridized carbons (Fsp3) is 0.250. The fourth-order valence-corrected chi connectivity index (χ4v) is 4.81. The smallest absolute Gasteiger partial charge is 0.349 e. The quantitative estimate of drug-likeness (QED) is 0.258. The molecule has 2 aromatic heterocycles. The number of hydrogen-bond donors (Lipinski definition) is 1. The van der Waals surface area contributed by atoms with E-state index < -0.39 is 11.7 Å². The number of rotatable bonds is 7. The summed E-state index contributed by atoms with van der Waals surface area (Å²) in [6, 6.07) is 14.8. The maximum absolute atomic E-state index is 13.7. The fourth-order valence-electron chi connectivity index (χ4n) is 4.57. The van der Waals surface area contributed by atoms with Crippen molar-refractivity contribution in [2.24, 2.45) is 0 Å². The Balaban J connectivity index is 1.44. The first kappa shape index (κ1) is 26.8. The molecule has 39 heavy (non-hydrogen) atoms. The van der Waals surface area contributed by atoms with E-state index in [9.17, 15) is 17.6 Å². The summed E-state index contributed by atoms with van der Waals surface area (Å²) >= 11 is 6.39. The first-order valence-electron chi connectivity index (χ1n) is 12.3. The molecule has 1 aliphatic heterocycles. The molecular weight excluding hydrogens is 532 g/mol. The second-order valence-corrected chi connectivity index (χ2v) is 9.80. The molecule has 0 saturated carbocycles. The second-order valence-electron chi connectivity index (χ2n) is 9.40. The Hall–Kier alpha value is -3.76. The molecule has 2 aromatic carbocycles. The van der Waals surface area contributed by atoms with Crippen molar-refractivity contribution in [1.82, 2.24) is 19.9 Å². The molecule has 0 saturated heterocycles. The predicted octanol–water partition coefficient (Wildman–Crippen LogP) is 6.62. The van der Waals surface area contributed by atoms with Gasteiger partial charge in [0, 0.05) is 30.5 Å². The Bertz CT molecular complexity index is 1460. The van der Waals surface area contributed by atoms with Crippen molar-refractivity contribution in [1.29, 1.82) is 0 Å². The SMILES string of the molecule is CN(Cc1cccc(F)c1)Cc1nc2c(c(Nc3ccc(C(F)(F)F)cc3)n1)CCN(c1ncccc1Cl)C2. The number of nitrogens with zero attached hydrogens (tertiary/aromatic N) is 5. The van der Waals surface area contributed by atoms with Gasteiger partial charge in [-0.1, -0.05) is 23.7 Å². The zero-order valence-corrected chi connectivity index (χ0v) is 21.8. The van der Waals surface area contributed by atoms with Gasteiger partial charge in [-0.15, -0.1) is 0 Å². The van der Waals surface area contributed by atoms with Crippen molar-refractivity contribution < 1.29 is 17.6 Å². The van der Waals surface area contributed by atoms with Gasteiger partial charge in [-0.2, -0.15) is 13.2 Å². The van der Waals surface area contributed by atoms with E-state index >= 15 is 0 Å². The van der Waals surface area contributed by atoms with Crippen LogP contribution in [-0.4, -0.2) is 33.4 Å². The summed E-state index contributed by atoms with van der Waals surface area (Å²) in [7, 11) is 1.89. The van der Waals surface area contributed by atoms with Crippen LogP contribution in [0.4, 0.5) is 34.9 Å². The Morgan fingerprint density at radius 3 is 2.54 bits per heavy atom. The van der Waals surface area contributed by atoms with Crippen molar-refractivity contribution in [3.8, 4) is 0 Å². The first-order chi connectivity index (χ1) is 18.7. The zero-order chi connectivity index (χ0) is 27.6. The molecule has 0 radical (unpaired) electrons. The Morgan fingerprint density at radius 2 is 1.82 bits per heavy atom. The Morgan fingerprint density at radius 1 is 1.03 bits per heavy atom. The molecule has 0 fully saturated rings. The second kappa shape index (κ2) is 11.2. The van der Waals surface area contributed by atoms with Crippen LogP contribution in [0, 0.1) is 5.82 Å². The van der Waals surface area contributed by atoms with Gasteiger partial charge in [0.15, 0.2) is 0 Å². The van der Waals surface area contributed by atoms with E-state index in [4.69, 9.17) is 21.6 Å². The number of hydrogen-bond acceptors (Lipinski definition) is 6. The lowest BCUT2D eigenvalue weighted by atomic mass is 10.0. The minimum Gasteiger partial charge on any atom is -0.349 e. The number of halogens is 5. The van der Waals surface area contributed by atoms with E-state index in [-0.39, 0.29) is 5.82 Å². The maximum atomic E-state index is 13.7. The molecule has 1 N–H and O–H groups in total. The van der Waals surface area contributed by atoms with Crippen LogP contribution in [0.15, 0.2) is 66.9 Å². The van der Waals surface area contributed by atoms with Gasteiger partial charge in [-0.05, 0) is 67.6 Å². The lowest BCUT2D eigenvalue weighted by Gasteiger charge is -2.31. The third-order valence-electron chi connectivity index (χ3n) is 6.38. The van der Waals surface area contributed by atoms with Gasteiger partial charge in [0.25, 0.3) is 0 Å². The number of benzene rings is 2. The van der Waals surface area contributed by atoms with E-state index in [1.54, 1.807) is 24.4 Å². The zero-order valence-electron chi connectivity index (χ0n) is 21.0. The highest BCUT2D eigenvalue weighted by molar-refractivity contribution is 6.32. The van der Waals surface area contributed by atoms with Crippen molar-refractivity contribution in [2.75, 3.05) is 23.8 Å². The van der Waals surface area contributed by atoms with Gasteiger partial charge in [-0.3, -0.25) is 4.90 Å². The van der Waals surface area contributed by atoms with E-state index in [1.807, 2.05) is 22.9 Å². The Labute approximate surface area is 228 Å². The average molecular weight is 557 g/mol. The molecule has 0 atom stereocenters. The van der Waals surface area contributed by atoms with Gasteiger partial charge in [0.1, 0.15) is 23.3 Å². The van der Waals surface area contributed by atoms with Gasteiger partial charge >= 0.3 is 6.18 Å². The highest BCUT2D eigenvalue weighted by atomic mass is 35.5. The lowest BCUT2D eigenvalue weighted by molar-refractivity contribution is -0.137. The van der Waals surface area contributed by atoms with Crippen molar-refractivity contribution in [3.63, 3.8) is 0 Å². The summed E-state index contributed by atoms with van der Waals surface area (Å²) in [5.74, 6) is 1.42. The molecule has 0 aliphatic carbocycles. The van der Waals surface area contributed by atoms with Crippen LogP contribution in [-0.2, 0) is 32.2 Å². The number of fused-ring (bicyclic) bond motifs is 1. The van der Waals surface area contributed by atoms with E-state index in [0.29, 0.717) is 60.8 Å². The molecule has 6 nitrogen and oxygen atoms in total. The summed E-state index contributed by atoms with van der Waals surface area (Å²) in [5.41, 5.74) is 2.24. The van der Waals surface area contributed by atoms with E-state index in [1.165, 1.54) is 24.3 Å². The molecule has 0 bridgehead atoms. The van der Waals surface area contributed by atoms with Crippen LogP contribution in [0.1, 0.15) is 28.2 Å². The number of pyridine rings is 1. The van der Waals surface area contributed by atoms with Crippen LogP contribution in [0.3, 0.4) is 0 Å². The van der Waals surface area contributed by atoms with Crippen LogP contribution in [0.2, 0.25) is 5.02 Å². The van der Waals surface area contributed by atoms with Crippen LogP contribution < -0.4 is 10.2 Å². The van der Waals surface area contributed by atoms with Crippen molar-refractivity contribution in [2.45, 2.75) is 32.2 Å². The summed E-state index contributed by atoms with van der Waals surface area (Å²) in [4.78, 5) is 18.0. The highest BCUT2D eigenvalue weighted by Gasteiger charge is 2.30. The maximum Gasteiger partial charge on any atom is 0.416 e. The van der Waals surface area contributed by atoms with Gasteiger partial charge in [0.2, 0.25) is 0 Å². The molecule has 1 aliphatic rings. The summed E-state index contributed by atoms with van der Waals surface area (Å²) in [6.45, 7) is 1.91. The highest BCUT2D eigenvalue weighted by Crippen LogP contribution is 2.33. The topological polar surface area (TPSA) is 57.2 Å². The summed E-state index contributed by atoms with van der Waals surface area (Å²) in [6.07, 6.45) is -2.14. The van der Waals surface area contributed by atoms with E-state index in [2.05, 4.69) is 10.3 Å². The predicted molar refractivity (Wildman–Crippen MR) is 142 cm³/mol. The molecule has 0 spiro atoms. The van der Waals surface area contributed by atoms with Crippen LogP contribution in [0.25, 0.3) is 0 Å². The minimum atomic E-state index is -4.41. The first-order valence-corrected chi connectivity index (χ1v) is 12.6. The number of nitrogens with one attached hydrogen (secondary N) is 1. The molecular formula is C28H25ClF4N6. The lowest BCUT2D eigenvalue weighted by Crippen LogP contribution is -2.33. The Kier molecular flexibility index (Phi) is 7.67. The van der Waals surface area contributed by atoms with Gasteiger partial charge in [0.05, 0.1) is 29.4 Å². The molecule has 3 heterocycles. The average Bonchev–Trinajstić information content (AvgIpc) is 2.88. The largest absolute Gasteiger partial charge is 0.416 e. The third-order valence-corrected chi connectivity index (χ3v) is 6.67. The molecule has 5 rings (SSSR count). The normalized spacial score (nSPS) is 13.5. The standard InChI is InChI=1S/C28H25ClF4N6/c1-38(15-18-4-2-5-20(30)14-18)17-25-36-24-16-39(27-23(29)6-3-12-34-27)13-11-22(24)26(37-25)35-21-9-7-19(8-10-21)28(31,32)33/h2-10,12,14H,11,13,15-17H2,1H3,(H,35,36,37). The van der Waals surface area contributed by atoms with Crippen molar-refractivity contribution in [3.05, 3.63) is 106 Å². The summed E-state index contributed by atoms with van der Waals surface area (Å²) < 4.78 is 52.8. The molecule has 11 heteroatoms. The molecule has 202 valence electrons. The van der Waals surface area contributed by atoms with E-state index in [0.717, 1.165) is 29.0 Å². The number of aromatic nitrogens is 3. The van der Waals surface area contributed by atoms with Gasteiger partial charge < -0.3 is 10.2 Å². The molecule has 0 unspecified atom stereocenters. The monoisotopic (exact) mass is 556 g/mol. The van der Waals surface area contributed by atoms with Crippen LogP contribution in [0.5, 0.6) is 0 Å². The third kappa shape index (κ3) is 6.46. The van der Waals surface area contributed by atoms with Gasteiger partial charge in [-0.25, -0.2) is 19.3 Å². The van der Waals surface area contributed by atoms with Crippen molar-refractivity contribution >= 4 is 28.9 Å². The number of anilines is 3.